The zero-order chi connectivity index (χ0) is 28.6. The van der Waals surface area contributed by atoms with E-state index < -0.39 is 17.5 Å². The van der Waals surface area contributed by atoms with Gasteiger partial charge in [-0.2, -0.15) is 0 Å². The van der Waals surface area contributed by atoms with Crippen molar-refractivity contribution in [3.05, 3.63) is 82.0 Å². The van der Waals surface area contributed by atoms with Gasteiger partial charge in [0.05, 0.1) is 18.5 Å². The Kier molecular flexibility index (Phi) is 10.3. The van der Waals surface area contributed by atoms with Gasteiger partial charge >= 0.3 is 0 Å². The zero-order valence-corrected chi connectivity index (χ0v) is 24.4. The van der Waals surface area contributed by atoms with Gasteiger partial charge in [0.15, 0.2) is 0 Å². The number of anilines is 1. The van der Waals surface area contributed by atoms with Crippen molar-refractivity contribution in [1.29, 1.82) is 0 Å². The number of ether oxygens (including phenoxy) is 1. The van der Waals surface area contributed by atoms with Crippen LogP contribution in [0.25, 0.3) is 0 Å². The van der Waals surface area contributed by atoms with Gasteiger partial charge in [-0.05, 0) is 79.4 Å². The van der Waals surface area contributed by atoms with Crippen molar-refractivity contribution in [2.45, 2.75) is 65.0 Å². The smallest absolute Gasteiger partial charge is 0.261 e. The van der Waals surface area contributed by atoms with Gasteiger partial charge in [-0.1, -0.05) is 51.1 Å². The molecule has 3 rings (SSSR count). The first kappa shape index (κ1) is 29.9. The molecule has 8 heteroatoms. The summed E-state index contributed by atoms with van der Waals surface area (Å²) in [5.41, 5.74) is 1.82. The first-order chi connectivity index (χ1) is 18.6. The lowest BCUT2D eigenvalue weighted by molar-refractivity contribution is -0.127. The van der Waals surface area contributed by atoms with E-state index in [1.807, 2.05) is 51.1 Å². The molecule has 0 spiro atoms. The quantitative estimate of drug-likeness (QED) is 0.287. The number of nitrogens with zero attached hydrogens (tertiary/aromatic N) is 1. The highest BCUT2D eigenvalue weighted by Gasteiger charge is 2.35. The molecule has 2 N–H and O–H groups in total. The average Bonchev–Trinajstić information content (AvgIpc) is 3.49. The molecule has 3 aromatic rings. The molecular formula is C31H39N3O4S. The lowest BCUT2D eigenvalue weighted by Gasteiger charge is -2.35. The number of hydrogen-bond donors (Lipinski definition) is 2. The first-order valence-electron chi connectivity index (χ1n) is 13.3. The molecule has 39 heavy (non-hydrogen) atoms. The summed E-state index contributed by atoms with van der Waals surface area (Å²) in [6, 6.07) is 17.4. The van der Waals surface area contributed by atoms with E-state index in [2.05, 4.69) is 24.5 Å². The van der Waals surface area contributed by atoms with Crippen LogP contribution in [0, 0.1) is 0 Å². The number of amides is 3. The van der Waals surface area contributed by atoms with Crippen LogP contribution in [0.5, 0.6) is 5.75 Å². The number of nitrogens with one attached hydrogen (secondary N) is 2. The summed E-state index contributed by atoms with van der Waals surface area (Å²) in [4.78, 5) is 42.5. The minimum Gasteiger partial charge on any atom is -0.497 e. The van der Waals surface area contributed by atoms with Crippen LogP contribution in [-0.2, 0) is 9.59 Å². The summed E-state index contributed by atoms with van der Waals surface area (Å²) in [5, 5.41) is 7.64. The molecule has 0 aliphatic heterocycles. The molecule has 1 aromatic heterocycles. The topological polar surface area (TPSA) is 87.7 Å². The van der Waals surface area contributed by atoms with Crippen LogP contribution in [0.4, 0.5) is 5.69 Å². The SMILES string of the molecule is CCC(C)c1ccc(N(C(=O)CNC(=O)c2cccs2)C(C(=O)NC(C)(C)CC)c2cccc(OC)c2)cc1. The highest BCUT2D eigenvalue weighted by molar-refractivity contribution is 7.12. The summed E-state index contributed by atoms with van der Waals surface area (Å²) in [5.74, 6) is -0.130. The number of rotatable bonds is 12. The third-order valence-corrected chi connectivity index (χ3v) is 7.90. The maximum Gasteiger partial charge on any atom is 0.261 e. The first-order valence-corrected chi connectivity index (χ1v) is 14.2. The second kappa shape index (κ2) is 13.4. The van der Waals surface area contributed by atoms with Crippen LogP contribution < -0.4 is 20.3 Å². The third kappa shape index (κ3) is 7.69. The number of thiophene rings is 1. The van der Waals surface area contributed by atoms with Crippen molar-refractivity contribution in [2.75, 3.05) is 18.6 Å². The standard InChI is InChI=1S/C31H39N3O4S/c1-7-21(3)22-14-16-24(17-15-22)34(27(35)20-32-29(36)26-13-10-18-39-26)28(30(37)33-31(4,5)8-2)23-11-9-12-25(19-23)38-6/h9-19,21,28H,7-8,20H2,1-6H3,(H,32,36)(H,33,37). The molecule has 3 amide bonds. The molecule has 0 saturated heterocycles. The average molecular weight is 550 g/mol. The van der Waals surface area contributed by atoms with E-state index in [0.717, 1.165) is 12.0 Å². The molecule has 2 atom stereocenters. The number of methoxy groups -OCH3 is 1. The molecule has 0 aliphatic rings. The molecule has 0 fully saturated rings. The maximum atomic E-state index is 14.0. The summed E-state index contributed by atoms with van der Waals surface area (Å²) >= 11 is 1.30. The molecule has 0 radical (unpaired) electrons. The Bertz CT molecular complexity index is 1260. The van der Waals surface area contributed by atoms with Crippen molar-refractivity contribution in [1.82, 2.24) is 10.6 Å². The Morgan fingerprint density at radius 1 is 1.00 bits per heavy atom. The van der Waals surface area contributed by atoms with Crippen LogP contribution in [0.1, 0.15) is 80.2 Å². The fourth-order valence-electron chi connectivity index (χ4n) is 4.09. The predicted molar refractivity (Wildman–Crippen MR) is 158 cm³/mol. The van der Waals surface area contributed by atoms with Crippen molar-refractivity contribution in [3.8, 4) is 5.75 Å². The van der Waals surface area contributed by atoms with Gasteiger partial charge in [0.2, 0.25) is 11.8 Å². The van der Waals surface area contributed by atoms with Crippen molar-refractivity contribution < 1.29 is 19.1 Å². The van der Waals surface area contributed by atoms with E-state index in [4.69, 9.17) is 4.74 Å². The van der Waals surface area contributed by atoms with E-state index in [1.54, 1.807) is 42.8 Å². The van der Waals surface area contributed by atoms with E-state index in [9.17, 15) is 14.4 Å². The number of benzene rings is 2. The molecule has 0 saturated carbocycles. The largest absolute Gasteiger partial charge is 0.497 e. The van der Waals surface area contributed by atoms with E-state index in [-0.39, 0.29) is 18.4 Å². The minimum absolute atomic E-state index is 0.269. The van der Waals surface area contributed by atoms with Gasteiger partial charge in [0, 0.05) is 11.2 Å². The normalized spacial score (nSPS) is 12.8. The molecular weight excluding hydrogens is 510 g/mol. The Morgan fingerprint density at radius 2 is 1.72 bits per heavy atom. The highest BCUT2D eigenvalue weighted by Crippen LogP contribution is 2.32. The Hall–Kier alpha value is -3.65. The summed E-state index contributed by atoms with van der Waals surface area (Å²) in [7, 11) is 1.56. The molecule has 1 heterocycles. The Labute approximate surface area is 235 Å². The minimum atomic E-state index is -0.994. The van der Waals surface area contributed by atoms with Crippen molar-refractivity contribution in [2.24, 2.45) is 0 Å². The Morgan fingerprint density at radius 3 is 2.31 bits per heavy atom. The Balaban J connectivity index is 2.08. The molecule has 208 valence electrons. The summed E-state index contributed by atoms with van der Waals surface area (Å²) in [6.07, 6.45) is 1.69. The van der Waals surface area contributed by atoms with Crippen LogP contribution >= 0.6 is 11.3 Å². The number of carbonyl (C=O) groups is 3. The van der Waals surface area contributed by atoms with Crippen LogP contribution in [0.15, 0.2) is 66.0 Å². The predicted octanol–water partition coefficient (Wildman–Crippen LogP) is 6.08. The number of carbonyl (C=O) groups excluding carboxylic acids is 3. The second-order valence-corrected chi connectivity index (χ2v) is 11.2. The molecule has 7 nitrogen and oxygen atoms in total. The van der Waals surface area contributed by atoms with Gasteiger partial charge in [-0.25, -0.2) is 0 Å². The molecule has 0 bridgehead atoms. The summed E-state index contributed by atoms with van der Waals surface area (Å²) < 4.78 is 5.44. The van der Waals surface area contributed by atoms with Crippen molar-refractivity contribution in [3.63, 3.8) is 0 Å². The fraction of sp³-hybridized carbons (Fsp3) is 0.387. The van der Waals surface area contributed by atoms with Gasteiger partial charge in [-0.3, -0.25) is 19.3 Å². The van der Waals surface area contributed by atoms with E-state index >= 15 is 0 Å². The summed E-state index contributed by atoms with van der Waals surface area (Å²) in [6.45, 7) is 9.90. The van der Waals surface area contributed by atoms with E-state index in [1.165, 1.54) is 16.2 Å². The number of hydrogen-bond acceptors (Lipinski definition) is 5. The van der Waals surface area contributed by atoms with E-state index in [0.29, 0.717) is 34.2 Å². The zero-order valence-electron chi connectivity index (χ0n) is 23.6. The van der Waals surface area contributed by atoms with Gasteiger partial charge in [-0.15, -0.1) is 11.3 Å². The molecule has 0 aliphatic carbocycles. The maximum absolute atomic E-state index is 14.0. The monoisotopic (exact) mass is 549 g/mol. The van der Waals surface area contributed by atoms with Crippen LogP contribution in [-0.4, -0.2) is 36.9 Å². The lowest BCUT2D eigenvalue weighted by Crippen LogP contribution is -2.52. The van der Waals surface area contributed by atoms with Gasteiger partial charge in [0.25, 0.3) is 5.91 Å². The van der Waals surface area contributed by atoms with Crippen LogP contribution in [0.3, 0.4) is 0 Å². The second-order valence-electron chi connectivity index (χ2n) is 10.2. The van der Waals surface area contributed by atoms with Crippen LogP contribution in [0.2, 0.25) is 0 Å². The van der Waals surface area contributed by atoms with Gasteiger partial charge in [0.1, 0.15) is 11.8 Å². The third-order valence-electron chi connectivity index (χ3n) is 7.03. The molecule has 2 aromatic carbocycles. The van der Waals surface area contributed by atoms with Gasteiger partial charge < -0.3 is 15.4 Å². The lowest BCUT2D eigenvalue weighted by atomic mass is 9.96. The highest BCUT2D eigenvalue weighted by atomic mass is 32.1. The molecule has 2 unspecified atom stereocenters. The van der Waals surface area contributed by atoms with Crippen molar-refractivity contribution >= 4 is 34.7 Å². The fourth-order valence-corrected chi connectivity index (χ4v) is 4.73.